The van der Waals surface area contributed by atoms with Crippen molar-refractivity contribution >= 4 is 5.91 Å². The second-order valence-corrected chi connectivity index (χ2v) is 7.33. The predicted molar refractivity (Wildman–Crippen MR) is 107 cm³/mol. The summed E-state index contributed by atoms with van der Waals surface area (Å²) in [6.07, 6.45) is 22.4. The van der Waals surface area contributed by atoms with Crippen LogP contribution >= 0.6 is 0 Å². The summed E-state index contributed by atoms with van der Waals surface area (Å²) < 4.78 is 5.28. The van der Waals surface area contributed by atoms with Crippen molar-refractivity contribution in [2.75, 3.05) is 26.3 Å². The SMILES string of the molecule is CCCCCCCC/C=C\CCCCCCCC(=O)N1CCOCC1. The first-order chi connectivity index (χ1) is 12.3. The first-order valence-electron chi connectivity index (χ1n) is 10.8. The van der Waals surface area contributed by atoms with E-state index in [4.69, 9.17) is 4.74 Å². The molecule has 0 unspecified atom stereocenters. The highest BCUT2D eigenvalue weighted by atomic mass is 16.5. The quantitative estimate of drug-likeness (QED) is 0.272. The molecule has 1 amide bonds. The lowest BCUT2D eigenvalue weighted by atomic mass is 10.1. The fraction of sp³-hybridized carbons (Fsp3) is 0.864. The van der Waals surface area contributed by atoms with Crippen molar-refractivity contribution in [3.05, 3.63) is 12.2 Å². The third-order valence-electron chi connectivity index (χ3n) is 5.02. The molecule has 0 N–H and O–H groups in total. The van der Waals surface area contributed by atoms with E-state index < -0.39 is 0 Å². The van der Waals surface area contributed by atoms with Crippen LogP contribution in [0.4, 0.5) is 0 Å². The van der Waals surface area contributed by atoms with Crippen LogP contribution in [-0.4, -0.2) is 37.1 Å². The number of amides is 1. The van der Waals surface area contributed by atoms with Gasteiger partial charge in [-0.25, -0.2) is 0 Å². The topological polar surface area (TPSA) is 29.5 Å². The van der Waals surface area contributed by atoms with Gasteiger partial charge >= 0.3 is 0 Å². The molecule has 1 heterocycles. The van der Waals surface area contributed by atoms with E-state index in [0.29, 0.717) is 19.1 Å². The van der Waals surface area contributed by atoms with E-state index in [1.165, 1.54) is 77.0 Å². The largest absolute Gasteiger partial charge is 0.378 e. The molecule has 3 heteroatoms. The molecule has 1 rings (SSSR count). The van der Waals surface area contributed by atoms with Crippen LogP contribution in [0.2, 0.25) is 0 Å². The zero-order valence-corrected chi connectivity index (χ0v) is 16.6. The Hall–Kier alpha value is -0.830. The monoisotopic (exact) mass is 351 g/mol. The van der Waals surface area contributed by atoms with E-state index in [1.54, 1.807) is 0 Å². The number of hydrogen-bond donors (Lipinski definition) is 0. The van der Waals surface area contributed by atoms with Gasteiger partial charge in [0.2, 0.25) is 5.91 Å². The third-order valence-corrected chi connectivity index (χ3v) is 5.02. The van der Waals surface area contributed by atoms with Gasteiger partial charge in [-0.1, -0.05) is 70.4 Å². The average Bonchev–Trinajstić information content (AvgIpc) is 2.65. The Morgan fingerprint density at radius 1 is 0.800 bits per heavy atom. The standard InChI is InChI=1S/C22H41NO2/c1-2-3-4-5-6-7-8-9-10-11-12-13-14-15-16-17-22(24)23-18-20-25-21-19-23/h9-10H,2-8,11-21H2,1H3/b10-9-. The highest BCUT2D eigenvalue weighted by molar-refractivity contribution is 5.76. The van der Waals surface area contributed by atoms with Crippen LogP contribution in [0.5, 0.6) is 0 Å². The number of rotatable bonds is 15. The molecule has 0 aromatic carbocycles. The lowest BCUT2D eigenvalue weighted by Gasteiger charge is -2.26. The Labute approximate surface area is 156 Å². The van der Waals surface area contributed by atoms with Crippen LogP contribution in [0, 0.1) is 0 Å². The number of nitrogens with zero attached hydrogens (tertiary/aromatic N) is 1. The van der Waals surface area contributed by atoms with Gasteiger partial charge in [0.1, 0.15) is 0 Å². The Bertz CT molecular complexity index is 335. The van der Waals surface area contributed by atoms with E-state index in [-0.39, 0.29) is 0 Å². The number of morpholine rings is 1. The molecule has 1 aliphatic heterocycles. The van der Waals surface area contributed by atoms with Crippen LogP contribution in [0.3, 0.4) is 0 Å². The van der Waals surface area contributed by atoms with Crippen molar-refractivity contribution in [3.63, 3.8) is 0 Å². The van der Waals surface area contributed by atoms with Gasteiger partial charge in [-0.15, -0.1) is 0 Å². The molecule has 0 saturated carbocycles. The van der Waals surface area contributed by atoms with E-state index >= 15 is 0 Å². The zero-order valence-electron chi connectivity index (χ0n) is 16.6. The molecule has 0 aliphatic carbocycles. The first kappa shape index (κ1) is 22.2. The fourth-order valence-electron chi connectivity index (χ4n) is 3.32. The smallest absolute Gasteiger partial charge is 0.222 e. The van der Waals surface area contributed by atoms with Gasteiger partial charge in [0, 0.05) is 19.5 Å². The fourth-order valence-corrected chi connectivity index (χ4v) is 3.32. The summed E-state index contributed by atoms with van der Waals surface area (Å²) in [4.78, 5) is 13.9. The van der Waals surface area contributed by atoms with E-state index in [1.807, 2.05) is 4.90 Å². The molecule has 0 atom stereocenters. The summed E-state index contributed by atoms with van der Waals surface area (Å²) in [6, 6.07) is 0. The van der Waals surface area contributed by atoms with Crippen LogP contribution in [0.25, 0.3) is 0 Å². The Morgan fingerprint density at radius 3 is 1.92 bits per heavy atom. The maximum atomic E-state index is 12.0. The van der Waals surface area contributed by atoms with Gasteiger partial charge in [0.05, 0.1) is 13.2 Å². The number of allylic oxidation sites excluding steroid dienone is 2. The highest BCUT2D eigenvalue weighted by Gasteiger charge is 2.15. The number of ether oxygens (including phenoxy) is 1. The summed E-state index contributed by atoms with van der Waals surface area (Å²) in [6.45, 7) is 5.25. The molecule has 0 aromatic heterocycles. The molecular weight excluding hydrogens is 310 g/mol. The summed E-state index contributed by atoms with van der Waals surface area (Å²) in [7, 11) is 0. The lowest BCUT2D eigenvalue weighted by Crippen LogP contribution is -2.40. The van der Waals surface area contributed by atoms with Gasteiger partial charge in [0.15, 0.2) is 0 Å². The molecule has 1 aliphatic rings. The van der Waals surface area contributed by atoms with Crippen molar-refractivity contribution < 1.29 is 9.53 Å². The van der Waals surface area contributed by atoms with Gasteiger partial charge in [-0.3, -0.25) is 4.79 Å². The minimum Gasteiger partial charge on any atom is -0.378 e. The number of carbonyl (C=O) groups excluding carboxylic acids is 1. The Morgan fingerprint density at radius 2 is 1.32 bits per heavy atom. The van der Waals surface area contributed by atoms with Gasteiger partial charge in [0.25, 0.3) is 0 Å². The van der Waals surface area contributed by atoms with E-state index in [2.05, 4.69) is 19.1 Å². The molecule has 0 radical (unpaired) electrons. The highest BCUT2D eigenvalue weighted by Crippen LogP contribution is 2.11. The molecule has 0 bridgehead atoms. The third kappa shape index (κ3) is 13.1. The summed E-state index contributed by atoms with van der Waals surface area (Å²) >= 11 is 0. The van der Waals surface area contributed by atoms with Crippen molar-refractivity contribution in [1.82, 2.24) is 4.90 Å². The van der Waals surface area contributed by atoms with E-state index in [9.17, 15) is 4.79 Å². The Kier molecular flexibility index (Phi) is 14.8. The molecule has 1 fully saturated rings. The zero-order chi connectivity index (χ0) is 18.0. The van der Waals surface area contributed by atoms with Crippen LogP contribution in [-0.2, 0) is 9.53 Å². The van der Waals surface area contributed by atoms with Crippen molar-refractivity contribution in [3.8, 4) is 0 Å². The minimum atomic E-state index is 0.320. The van der Waals surface area contributed by atoms with Gasteiger partial charge in [-0.2, -0.15) is 0 Å². The maximum absolute atomic E-state index is 12.0. The van der Waals surface area contributed by atoms with Crippen LogP contribution in [0.1, 0.15) is 96.8 Å². The summed E-state index contributed by atoms with van der Waals surface area (Å²) in [5.41, 5.74) is 0. The lowest BCUT2D eigenvalue weighted by molar-refractivity contribution is -0.135. The average molecular weight is 352 g/mol. The molecule has 1 saturated heterocycles. The van der Waals surface area contributed by atoms with Crippen molar-refractivity contribution in [1.29, 1.82) is 0 Å². The summed E-state index contributed by atoms with van der Waals surface area (Å²) in [5, 5.41) is 0. The normalized spacial score (nSPS) is 15.2. The number of unbranched alkanes of at least 4 members (excludes halogenated alkanes) is 11. The number of carbonyl (C=O) groups is 1. The summed E-state index contributed by atoms with van der Waals surface area (Å²) in [5.74, 6) is 0.320. The molecular formula is C22H41NO2. The molecule has 25 heavy (non-hydrogen) atoms. The molecule has 3 nitrogen and oxygen atoms in total. The molecule has 0 spiro atoms. The first-order valence-corrected chi connectivity index (χ1v) is 10.8. The molecule has 0 aromatic rings. The maximum Gasteiger partial charge on any atom is 0.222 e. The van der Waals surface area contributed by atoms with Crippen molar-refractivity contribution in [2.45, 2.75) is 96.8 Å². The Balaban J connectivity index is 1.79. The molecule has 146 valence electrons. The van der Waals surface area contributed by atoms with Gasteiger partial charge in [-0.05, 0) is 32.1 Å². The second-order valence-electron chi connectivity index (χ2n) is 7.33. The van der Waals surface area contributed by atoms with E-state index in [0.717, 1.165) is 25.9 Å². The van der Waals surface area contributed by atoms with Gasteiger partial charge < -0.3 is 9.64 Å². The number of hydrogen-bond acceptors (Lipinski definition) is 2. The minimum absolute atomic E-state index is 0.320. The second kappa shape index (κ2) is 16.6. The van der Waals surface area contributed by atoms with Crippen molar-refractivity contribution in [2.24, 2.45) is 0 Å². The van der Waals surface area contributed by atoms with Crippen LogP contribution in [0.15, 0.2) is 12.2 Å². The van der Waals surface area contributed by atoms with Crippen LogP contribution < -0.4 is 0 Å². The predicted octanol–water partition coefficient (Wildman–Crippen LogP) is 5.88.